The van der Waals surface area contributed by atoms with Gasteiger partial charge < -0.3 is 15.2 Å². The van der Waals surface area contributed by atoms with Gasteiger partial charge in [0.25, 0.3) is 5.91 Å². The first kappa shape index (κ1) is 26.2. The Morgan fingerprint density at radius 2 is 1.82 bits per heavy atom. The van der Waals surface area contributed by atoms with Crippen LogP contribution in [-0.2, 0) is 16.8 Å². The Kier molecular flexibility index (Phi) is 6.09. The monoisotopic (exact) mass is 543 g/mol. The molecule has 1 aliphatic heterocycles. The van der Waals surface area contributed by atoms with E-state index >= 15 is 4.39 Å². The van der Waals surface area contributed by atoms with Crippen molar-refractivity contribution in [3.63, 3.8) is 0 Å². The van der Waals surface area contributed by atoms with Crippen LogP contribution in [0, 0.1) is 29.9 Å². The minimum absolute atomic E-state index is 0.0281. The van der Waals surface area contributed by atoms with Crippen LogP contribution in [0.4, 0.5) is 8.78 Å². The maximum absolute atomic E-state index is 15.8. The summed E-state index contributed by atoms with van der Waals surface area (Å²) >= 11 is 0. The van der Waals surface area contributed by atoms with Gasteiger partial charge in [0.15, 0.2) is 11.6 Å². The van der Waals surface area contributed by atoms with Crippen molar-refractivity contribution >= 4 is 17.4 Å². The maximum atomic E-state index is 15.8. The van der Waals surface area contributed by atoms with Gasteiger partial charge in [0.05, 0.1) is 5.92 Å². The van der Waals surface area contributed by atoms with Crippen LogP contribution >= 0.6 is 0 Å². The normalized spacial score (nSPS) is 22.5. The number of rotatable bonds is 6. The lowest BCUT2D eigenvalue weighted by molar-refractivity contribution is -0.139. The molecule has 0 unspecified atom stereocenters. The molecule has 2 aliphatic carbocycles. The lowest BCUT2D eigenvalue weighted by Crippen LogP contribution is -2.41. The Hall–Kier alpha value is -4.00. The van der Waals surface area contributed by atoms with E-state index in [0.29, 0.717) is 5.56 Å². The molecule has 6 rings (SSSR count). The molecule has 1 saturated carbocycles. The summed E-state index contributed by atoms with van der Waals surface area (Å²) in [6, 6.07) is 13.8. The molecule has 2 atom stereocenters. The molecule has 0 radical (unpaired) electrons. The largest absolute Gasteiger partial charge is 0.486 e. The van der Waals surface area contributed by atoms with Crippen LogP contribution in [0.15, 0.2) is 54.6 Å². The van der Waals surface area contributed by atoms with Crippen LogP contribution in [0.5, 0.6) is 5.75 Å². The topological polar surface area (TPSA) is 75.6 Å². The predicted octanol–water partition coefficient (Wildman–Crippen LogP) is 6.81. The molecule has 1 heterocycles. The van der Waals surface area contributed by atoms with Gasteiger partial charge in [-0.15, -0.1) is 0 Å². The molecule has 2 N–H and O–H groups in total. The third-order valence-electron chi connectivity index (χ3n) is 8.81. The highest BCUT2D eigenvalue weighted by Crippen LogP contribution is 2.57. The lowest BCUT2D eigenvalue weighted by atomic mass is 9.79. The highest BCUT2D eigenvalue weighted by Gasteiger charge is 2.63. The van der Waals surface area contributed by atoms with E-state index in [1.54, 1.807) is 6.07 Å². The van der Waals surface area contributed by atoms with Gasteiger partial charge in [0.1, 0.15) is 12.4 Å². The number of carbonyl (C=O) groups excluding carboxylic acids is 1. The van der Waals surface area contributed by atoms with Gasteiger partial charge in [0.2, 0.25) is 0 Å². The number of allylic oxidation sites excluding steroid dienone is 2. The molecule has 3 aromatic rings. The third-order valence-corrected chi connectivity index (χ3v) is 8.81. The molecule has 1 spiro atoms. The van der Waals surface area contributed by atoms with Crippen LogP contribution in [-0.4, -0.2) is 23.5 Å². The van der Waals surface area contributed by atoms with Crippen molar-refractivity contribution in [3.8, 4) is 16.9 Å². The van der Waals surface area contributed by atoms with E-state index in [1.165, 1.54) is 18.2 Å². The molecule has 206 valence electrons. The molecule has 40 heavy (non-hydrogen) atoms. The molecule has 1 amide bonds. The van der Waals surface area contributed by atoms with Crippen LogP contribution in [0.1, 0.15) is 65.7 Å². The first-order chi connectivity index (χ1) is 19.0. The molecule has 0 aromatic heterocycles. The van der Waals surface area contributed by atoms with Gasteiger partial charge in [0, 0.05) is 28.7 Å². The zero-order valence-corrected chi connectivity index (χ0v) is 22.7. The number of carboxylic acids is 1. The second-order valence-electron chi connectivity index (χ2n) is 11.9. The maximum Gasteiger partial charge on any atom is 0.307 e. The molecule has 5 nitrogen and oxygen atoms in total. The van der Waals surface area contributed by atoms with E-state index in [2.05, 4.69) is 25.2 Å². The van der Waals surface area contributed by atoms with Crippen molar-refractivity contribution in [2.75, 3.05) is 6.54 Å². The van der Waals surface area contributed by atoms with Crippen LogP contribution < -0.4 is 10.1 Å². The van der Waals surface area contributed by atoms with Crippen LogP contribution in [0.25, 0.3) is 16.7 Å². The van der Waals surface area contributed by atoms with E-state index in [0.717, 1.165) is 40.7 Å². The van der Waals surface area contributed by atoms with Gasteiger partial charge in [-0.1, -0.05) is 43.7 Å². The first-order valence-electron chi connectivity index (χ1n) is 13.6. The second-order valence-corrected chi connectivity index (χ2v) is 11.9. The van der Waals surface area contributed by atoms with Crippen molar-refractivity contribution in [2.45, 2.75) is 52.1 Å². The van der Waals surface area contributed by atoms with Crippen molar-refractivity contribution in [1.82, 2.24) is 5.32 Å². The van der Waals surface area contributed by atoms with E-state index in [4.69, 9.17) is 4.74 Å². The minimum atomic E-state index is -1.00. The molecular formula is C33H31F2NO4. The summed E-state index contributed by atoms with van der Waals surface area (Å²) in [5.74, 6) is -3.18. The van der Waals surface area contributed by atoms with Crippen LogP contribution in [0.3, 0.4) is 0 Å². The van der Waals surface area contributed by atoms with Crippen LogP contribution in [0.2, 0.25) is 0 Å². The molecule has 3 aromatic carbocycles. The molecule has 1 fully saturated rings. The second kappa shape index (κ2) is 9.29. The Labute approximate surface area is 231 Å². The molecule has 0 bridgehead atoms. The number of carboxylic acid groups (broad SMARTS) is 1. The van der Waals surface area contributed by atoms with Gasteiger partial charge in [-0.05, 0) is 84.2 Å². The van der Waals surface area contributed by atoms with E-state index in [-0.39, 0.29) is 47.7 Å². The highest BCUT2D eigenvalue weighted by atomic mass is 19.1. The number of fused-ring (bicyclic) bond motifs is 2. The summed E-state index contributed by atoms with van der Waals surface area (Å²) in [7, 11) is 0. The van der Waals surface area contributed by atoms with Crippen molar-refractivity contribution in [2.24, 2.45) is 11.3 Å². The van der Waals surface area contributed by atoms with Crippen molar-refractivity contribution in [1.29, 1.82) is 0 Å². The minimum Gasteiger partial charge on any atom is -0.486 e. The number of aryl methyl sites for hydroxylation is 1. The Morgan fingerprint density at radius 1 is 1.05 bits per heavy atom. The summed E-state index contributed by atoms with van der Waals surface area (Å²) in [6.07, 6.45) is 4.40. The number of hydrogen-bond acceptors (Lipinski definition) is 3. The molecular weight excluding hydrogens is 512 g/mol. The van der Waals surface area contributed by atoms with Gasteiger partial charge >= 0.3 is 5.97 Å². The Bertz CT molecular complexity index is 1610. The number of carbonyl (C=O) groups is 2. The van der Waals surface area contributed by atoms with Crippen molar-refractivity contribution in [3.05, 3.63) is 94.1 Å². The SMILES string of the molecule is Cc1ccc(F)c(-c2ccc(COc3ccc4c(c3F)[C@@]3(CNC4=O)C[C@H]3C(=O)O)cc2C2=CCCC2(C)C)c1. The number of halogens is 2. The van der Waals surface area contributed by atoms with Gasteiger partial charge in [-0.25, -0.2) is 8.78 Å². The predicted molar refractivity (Wildman–Crippen MR) is 148 cm³/mol. The van der Waals surface area contributed by atoms with Gasteiger partial charge in [-0.2, -0.15) is 0 Å². The fourth-order valence-electron chi connectivity index (χ4n) is 6.48. The number of ether oxygens (including phenoxy) is 1. The smallest absolute Gasteiger partial charge is 0.307 e. The Morgan fingerprint density at radius 3 is 2.52 bits per heavy atom. The lowest BCUT2D eigenvalue weighted by Gasteiger charge is -2.27. The highest BCUT2D eigenvalue weighted by molar-refractivity contribution is 5.99. The van der Waals surface area contributed by atoms with E-state index < -0.39 is 29.0 Å². The zero-order chi connectivity index (χ0) is 28.4. The number of nitrogens with one attached hydrogen (secondary N) is 1. The third kappa shape index (κ3) is 4.19. The zero-order valence-electron chi connectivity index (χ0n) is 22.7. The number of benzene rings is 3. The van der Waals surface area contributed by atoms with Gasteiger partial charge in [-0.3, -0.25) is 9.59 Å². The molecule has 0 saturated heterocycles. The molecule has 7 heteroatoms. The summed E-state index contributed by atoms with van der Waals surface area (Å²) in [4.78, 5) is 24.1. The Balaban J connectivity index is 1.35. The van der Waals surface area contributed by atoms with E-state index in [1.807, 2.05) is 31.2 Å². The fourth-order valence-corrected chi connectivity index (χ4v) is 6.48. The number of aliphatic carboxylic acids is 1. The average molecular weight is 544 g/mol. The number of hydrogen-bond donors (Lipinski definition) is 2. The average Bonchev–Trinajstić information content (AvgIpc) is 3.53. The summed E-state index contributed by atoms with van der Waals surface area (Å²) in [5, 5.41) is 12.3. The standard InChI is InChI=1S/C33H31F2NO4/c1-18-6-10-26(34)23(13-18)20-8-7-19(14-22(20)24-5-4-12-32(24,2)3)16-40-27-11-9-21-28(29(27)35)33(17-36-30(21)37)15-25(33)31(38)39/h5-11,13-14,25H,4,12,15-17H2,1-3H3,(H,36,37)(H,38,39)/t25-,33+/m0/s1. The summed E-state index contributed by atoms with van der Waals surface area (Å²) in [6.45, 7) is 6.44. The summed E-state index contributed by atoms with van der Waals surface area (Å²) in [5.41, 5.74) is 4.40. The fraction of sp³-hybridized carbons (Fsp3) is 0.333. The van der Waals surface area contributed by atoms with Crippen molar-refractivity contribution < 1.29 is 28.2 Å². The van der Waals surface area contributed by atoms with E-state index in [9.17, 15) is 19.1 Å². The summed E-state index contributed by atoms with van der Waals surface area (Å²) < 4.78 is 36.8. The quantitative estimate of drug-likeness (QED) is 0.358. The first-order valence-corrected chi connectivity index (χ1v) is 13.6. The number of amides is 1. The molecule has 3 aliphatic rings.